The first-order valence-corrected chi connectivity index (χ1v) is 6.57. The maximum absolute atomic E-state index is 11.6. The fraction of sp³-hybridized carbons (Fsp3) is 0.583. The van der Waals surface area contributed by atoms with Crippen molar-refractivity contribution in [1.29, 1.82) is 0 Å². The summed E-state index contributed by atoms with van der Waals surface area (Å²) in [5, 5.41) is 16.3. The Labute approximate surface area is 100 Å². The predicted molar refractivity (Wildman–Crippen MR) is 66.4 cm³/mol. The minimum Gasteiger partial charge on any atom is -0.387 e. The van der Waals surface area contributed by atoms with Crippen LogP contribution >= 0.6 is 11.3 Å². The second-order valence-corrected chi connectivity index (χ2v) is 4.79. The van der Waals surface area contributed by atoms with Gasteiger partial charge in [-0.05, 0) is 28.8 Å². The van der Waals surface area contributed by atoms with E-state index >= 15 is 0 Å². The molecule has 1 aromatic heterocycles. The van der Waals surface area contributed by atoms with Crippen LogP contribution in [-0.2, 0) is 4.79 Å². The molecular formula is C12H19NO2S. The van der Waals surface area contributed by atoms with E-state index in [4.69, 9.17) is 0 Å². The summed E-state index contributed by atoms with van der Waals surface area (Å²) in [4.78, 5) is 11.6. The predicted octanol–water partition coefficient (Wildman–Crippen LogP) is 2.33. The minimum atomic E-state index is -0.593. The van der Waals surface area contributed by atoms with E-state index < -0.39 is 6.10 Å². The lowest BCUT2D eigenvalue weighted by molar-refractivity contribution is -0.125. The zero-order chi connectivity index (χ0) is 12.0. The van der Waals surface area contributed by atoms with Gasteiger partial charge in [0.1, 0.15) is 0 Å². The third-order valence-corrected chi connectivity index (χ3v) is 3.27. The van der Waals surface area contributed by atoms with Crippen molar-refractivity contribution >= 4 is 17.2 Å². The number of hydrogen-bond acceptors (Lipinski definition) is 3. The first kappa shape index (κ1) is 13.2. The van der Waals surface area contributed by atoms with Crippen LogP contribution in [-0.4, -0.2) is 17.6 Å². The Hall–Kier alpha value is -0.870. The van der Waals surface area contributed by atoms with E-state index in [1.807, 2.05) is 23.8 Å². The molecule has 0 fully saturated rings. The second kappa shape index (κ2) is 6.66. The number of aliphatic hydroxyl groups excluding tert-OH is 1. The number of aliphatic hydroxyl groups is 1. The molecular weight excluding hydrogens is 222 g/mol. The first-order chi connectivity index (χ1) is 7.65. The van der Waals surface area contributed by atoms with E-state index in [2.05, 4.69) is 12.2 Å². The molecule has 1 rings (SSSR count). The van der Waals surface area contributed by atoms with Crippen LogP contribution in [0.4, 0.5) is 0 Å². The summed E-state index contributed by atoms with van der Waals surface area (Å²) < 4.78 is 0. The Balaban J connectivity index is 2.31. The lowest BCUT2D eigenvalue weighted by atomic mass is 10.1. The Kier molecular flexibility index (Phi) is 5.49. The highest BCUT2D eigenvalue weighted by atomic mass is 32.1. The van der Waals surface area contributed by atoms with Crippen LogP contribution in [0, 0.1) is 5.92 Å². The molecule has 16 heavy (non-hydrogen) atoms. The summed E-state index contributed by atoms with van der Waals surface area (Å²) >= 11 is 1.54. The molecule has 1 heterocycles. The van der Waals surface area contributed by atoms with E-state index in [-0.39, 0.29) is 11.8 Å². The average Bonchev–Trinajstić information content (AvgIpc) is 2.79. The Bertz CT molecular complexity index is 311. The highest BCUT2D eigenvalue weighted by Gasteiger charge is 2.14. The van der Waals surface area contributed by atoms with Gasteiger partial charge in [0, 0.05) is 12.5 Å². The number of nitrogens with one attached hydrogen (secondary N) is 1. The zero-order valence-corrected chi connectivity index (χ0v) is 10.6. The Morgan fingerprint density at radius 1 is 1.62 bits per heavy atom. The van der Waals surface area contributed by atoms with Crippen LogP contribution in [0.25, 0.3) is 0 Å². The number of amides is 1. The third kappa shape index (κ3) is 3.94. The van der Waals surface area contributed by atoms with Crippen LogP contribution in [0.1, 0.15) is 38.4 Å². The molecule has 0 spiro atoms. The molecule has 2 atom stereocenters. The van der Waals surface area contributed by atoms with E-state index in [0.717, 1.165) is 18.4 Å². The monoisotopic (exact) mass is 241 g/mol. The lowest BCUT2D eigenvalue weighted by Gasteiger charge is -2.14. The summed E-state index contributed by atoms with van der Waals surface area (Å²) in [5.74, 6) is 0.0517. The van der Waals surface area contributed by atoms with Crippen molar-refractivity contribution in [1.82, 2.24) is 5.32 Å². The van der Waals surface area contributed by atoms with Gasteiger partial charge in [-0.15, -0.1) is 0 Å². The molecule has 2 unspecified atom stereocenters. The molecule has 0 aliphatic carbocycles. The van der Waals surface area contributed by atoms with Gasteiger partial charge in [-0.25, -0.2) is 0 Å². The SMILES string of the molecule is CCCC(C)C(=O)NCC(O)c1ccsc1. The minimum absolute atomic E-state index is 0.0242. The van der Waals surface area contributed by atoms with Crippen molar-refractivity contribution in [2.45, 2.75) is 32.8 Å². The summed E-state index contributed by atoms with van der Waals surface area (Å²) in [6, 6.07) is 1.87. The largest absolute Gasteiger partial charge is 0.387 e. The molecule has 2 N–H and O–H groups in total. The normalized spacial score (nSPS) is 14.4. The number of carbonyl (C=O) groups excluding carboxylic acids is 1. The van der Waals surface area contributed by atoms with Crippen molar-refractivity contribution < 1.29 is 9.90 Å². The fourth-order valence-corrected chi connectivity index (χ4v) is 2.23. The smallest absolute Gasteiger partial charge is 0.222 e. The van der Waals surface area contributed by atoms with Crippen molar-refractivity contribution in [3.63, 3.8) is 0 Å². The summed E-state index contributed by atoms with van der Waals surface area (Å²) in [7, 11) is 0. The van der Waals surface area contributed by atoms with Gasteiger partial charge in [-0.1, -0.05) is 20.3 Å². The number of carbonyl (C=O) groups is 1. The van der Waals surface area contributed by atoms with Gasteiger partial charge in [0.2, 0.25) is 5.91 Å². The van der Waals surface area contributed by atoms with E-state index in [0.29, 0.717) is 6.54 Å². The summed E-state index contributed by atoms with van der Waals surface area (Å²) in [6.45, 7) is 4.27. The average molecular weight is 241 g/mol. The highest BCUT2D eigenvalue weighted by Crippen LogP contribution is 2.15. The topological polar surface area (TPSA) is 49.3 Å². The van der Waals surface area contributed by atoms with Crippen molar-refractivity contribution in [2.24, 2.45) is 5.92 Å². The zero-order valence-electron chi connectivity index (χ0n) is 9.77. The van der Waals surface area contributed by atoms with Gasteiger partial charge < -0.3 is 10.4 Å². The third-order valence-electron chi connectivity index (χ3n) is 2.57. The second-order valence-electron chi connectivity index (χ2n) is 4.01. The fourth-order valence-electron chi connectivity index (χ4n) is 1.52. The van der Waals surface area contributed by atoms with Crippen LogP contribution in [0.5, 0.6) is 0 Å². The summed E-state index contributed by atoms with van der Waals surface area (Å²) in [6.07, 6.45) is 1.30. The van der Waals surface area contributed by atoms with E-state index in [1.165, 1.54) is 0 Å². The van der Waals surface area contributed by atoms with Crippen LogP contribution < -0.4 is 5.32 Å². The molecule has 90 valence electrons. The molecule has 1 amide bonds. The number of thiophene rings is 1. The number of rotatable bonds is 6. The van der Waals surface area contributed by atoms with Crippen LogP contribution in [0.3, 0.4) is 0 Å². The molecule has 0 radical (unpaired) electrons. The lowest BCUT2D eigenvalue weighted by Crippen LogP contribution is -2.32. The molecule has 0 saturated heterocycles. The summed E-state index contributed by atoms with van der Waals surface area (Å²) in [5.41, 5.74) is 0.869. The standard InChI is InChI=1S/C12H19NO2S/c1-3-4-9(2)12(15)13-7-11(14)10-5-6-16-8-10/h5-6,8-9,11,14H,3-4,7H2,1-2H3,(H,13,15). The maximum atomic E-state index is 11.6. The van der Waals surface area contributed by atoms with Crippen molar-refractivity contribution in [3.8, 4) is 0 Å². The first-order valence-electron chi connectivity index (χ1n) is 5.63. The molecule has 3 nitrogen and oxygen atoms in total. The molecule has 0 bridgehead atoms. The van der Waals surface area contributed by atoms with Gasteiger partial charge in [0.25, 0.3) is 0 Å². The van der Waals surface area contributed by atoms with Gasteiger partial charge in [0.15, 0.2) is 0 Å². The van der Waals surface area contributed by atoms with E-state index in [9.17, 15) is 9.90 Å². The quantitative estimate of drug-likeness (QED) is 0.803. The Morgan fingerprint density at radius 2 is 2.38 bits per heavy atom. The van der Waals surface area contributed by atoms with Crippen LogP contribution in [0.2, 0.25) is 0 Å². The molecule has 0 aliphatic rings. The van der Waals surface area contributed by atoms with Gasteiger partial charge in [0.05, 0.1) is 6.10 Å². The maximum Gasteiger partial charge on any atom is 0.222 e. The van der Waals surface area contributed by atoms with Crippen molar-refractivity contribution in [3.05, 3.63) is 22.4 Å². The highest BCUT2D eigenvalue weighted by molar-refractivity contribution is 7.07. The van der Waals surface area contributed by atoms with Gasteiger partial charge in [-0.3, -0.25) is 4.79 Å². The van der Waals surface area contributed by atoms with Gasteiger partial charge in [-0.2, -0.15) is 11.3 Å². The molecule has 0 saturated carbocycles. The van der Waals surface area contributed by atoms with E-state index in [1.54, 1.807) is 11.3 Å². The molecule has 0 aliphatic heterocycles. The number of hydrogen-bond donors (Lipinski definition) is 2. The van der Waals surface area contributed by atoms with Crippen molar-refractivity contribution in [2.75, 3.05) is 6.54 Å². The molecule has 1 aromatic rings. The Morgan fingerprint density at radius 3 is 2.94 bits per heavy atom. The van der Waals surface area contributed by atoms with Gasteiger partial charge >= 0.3 is 0 Å². The van der Waals surface area contributed by atoms with Crippen LogP contribution in [0.15, 0.2) is 16.8 Å². The molecule has 4 heteroatoms. The molecule has 0 aromatic carbocycles.